The van der Waals surface area contributed by atoms with E-state index < -0.39 is 0 Å². The second-order valence-corrected chi connectivity index (χ2v) is 7.16. The predicted octanol–water partition coefficient (Wildman–Crippen LogP) is 1.85. The van der Waals surface area contributed by atoms with Gasteiger partial charge in [0.1, 0.15) is 5.75 Å². The maximum atomic E-state index is 12.9. The maximum absolute atomic E-state index is 12.9. The van der Waals surface area contributed by atoms with Crippen LogP contribution in [0.1, 0.15) is 36.0 Å². The Balaban J connectivity index is 1.60. The summed E-state index contributed by atoms with van der Waals surface area (Å²) in [6.45, 7) is 3.33. The smallest absolute Gasteiger partial charge is 0.257 e. The van der Waals surface area contributed by atoms with Gasteiger partial charge in [-0.3, -0.25) is 14.5 Å². The largest absolute Gasteiger partial charge is 0.496 e. The van der Waals surface area contributed by atoms with E-state index in [2.05, 4.69) is 11.9 Å². The van der Waals surface area contributed by atoms with Gasteiger partial charge in [-0.2, -0.15) is 0 Å². The first kappa shape index (κ1) is 18.7. The SMILES string of the molecule is COc1ccccc1C(=O)N1CCN(C(=O)C2CCCCCN2C)CC1. The van der Waals surface area contributed by atoms with Crippen molar-refractivity contribution in [3.63, 3.8) is 0 Å². The summed E-state index contributed by atoms with van der Waals surface area (Å²) >= 11 is 0. The van der Waals surface area contributed by atoms with Gasteiger partial charge in [0.2, 0.25) is 5.91 Å². The third kappa shape index (κ3) is 4.01. The van der Waals surface area contributed by atoms with Gasteiger partial charge >= 0.3 is 0 Å². The number of amides is 2. The number of piperazine rings is 1. The quantitative estimate of drug-likeness (QED) is 0.827. The lowest BCUT2D eigenvalue weighted by Crippen LogP contribution is -2.55. The molecule has 2 fully saturated rings. The molecule has 0 radical (unpaired) electrons. The lowest BCUT2D eigenvalue weighted by molar-refractivity contribution is -0.138. The minimum Gasteiger partial charge on any atom is -0.496 e. The molecule has 0 N–H and O–H groups in total. The average molecular weight is 359 g/mol. The number of nitrogens with zero attached hydrogens (tertiary/aromatic N) is 3. The van der Waals surface area contributed by atoms with Gasteiger partial charge in [-0.15, -0.1) is 0 Å². The summed E-state index contributed by atoms with van der Waals surface area (Å²) in [6, 6.07) is 7.29. The van der Waals surface area contributed by atoms with Gasteiger partial charge in [0.15, 0.2) is 0 Å². The van der Waals surface area contributed by atoms with Crippen molar-refractivity contribution in [3.05, 3.63) is 29.8 Å². The summed E-state index contributed by atoms with van der Waals surface area (Å²) in [5, 5.41) is 0. The highest BCUT2D eigenvalue weighted by Gasteiger charge is 2.32. The summed E-state index contributed by atoms with van der Waals surface area (Å²) in [4.78, 5) is 31.7. The Labute approximate surface area is 155 Å². The van der Waals surface area contributed by atoms with Crippen LogP contribution < -0.4 is 4.74 Å². The molecule has 3 rings (SSSR count). The second kappa shape index (κ2) is 8.54. The molecule has 1 unspecified atom stereocenters. The number of ether oxygens (including phenoxy) is 1. The van der Waals surface area contributed by atoms with Crippen molar-refractivity contribution in [1.29, 1.82) is 0 Å². The van der Waals surface area contributed by atoms with Crippen LogP contribution in [0.15, 0.2) is 24.3 Å². The monoisotopic (exact) mass is 359 g/mol. The average Bonchev–Trinajstić information content (AvgIpc) is 2.91. The fraction of sp³-hybridized carbons (Fsp3) is 0.600. The number of carbonyl (C=O) groups is 2. The molecule has 6 nitrogen and oxygen atoms in total. The third-order valence-corrected chi connectivity index (χ3v) is 5.52. The molecule has 1 aromatic rings. The number of carbonyl (C=O) groups excluding carboxylic acids is 2. The van der Waals surface area contributed by atoms with E-state index in [1.54, 1.807) is 19.2 Å². The van der Waals surface area contributed by atoms with Gasteiger partial charge < -0.3 is 14.5 Å². The van der Waals surface area contributed by atoms with Crippen LogP contribution >= 0.6 is 0 Å². The van der Waals surface area contributed by atoms with Crippen molar-refractivity contribution in [2.45, 2.75) is 31.7 Å². The molecule has 0 bridgehead atoms. The lowest BCUT2D eigenvalue weighted by atomic mass is 10.1. The van der Waals surface area contributed by atoms with E-state index in [-0.39, 0.29) is 17.9 Å². The van der Waals surface area contributed by atoms with E-state index >= 15 is 0 Å². The van der Waals surface area contributed by atoms with Crippen LogP contribution in [0.25, 0.3) is 0 Å². The van der Waals surface area contributed by atoms with Crippen LogP contribution in [-0.2, 0) is 4.79 Å². The normalized spacial score (nSPS) is 22.0. The lowest BCUT2D eigenvalue weighted by Gasteiger charge is -2.38. The van der Waals surface area contributed by atoms with Crippen LogP contribution in [0, 0.1) is 0 Å². The second-order valence-electron chi connectivity index (χ2n) is 7.16. The highest BCUT2D eigenvalue weighted by Crippen LogP contribution is 2.21. The van der Waals surface area contributed by atoms with Crippen molar-refractivity contribution in [2.75, 3.05) is 46.9 Å². The zero-order chi connectivity index (χ0) is 18.5. The molecule has 0 aromatic heterocycles. The van der Waals surface area contributed by atoms with Crippen molar-refractivity contribution in [1.82, 2.24) is 14.7 Å². The Hall–Kier alpha value is -2.08. The Bertz CT molecular complexity index is 641. The molecule has 0 spiro atoms. The molecule has 2 amide bonds. The molecule has 0 aliphatic carbocycles. The number of methoxy groups -OCH3 is 1. The van der Waals surface area contributed by atoms with Crippen LogP contribution in [0.3, 0.4) is 0 Å². The van der Waals surface area contributed by atoms with Crippen molar-refractivity contribution in [2.24, 2.45) is 0 Å². The Kier molecular flexibility index (Phi) is 6.14. The molecule has 2 heterocycles. The molecule has 2 aliphatic heterocycles. The third-order valence-electron chi connectivity index (χ3n) is 5.52. The van der Waals surface area contributed by atoms with E-state index in [1.807, 2.05) is 21.9 Å². The number of hydrogen-bond acceptors (Lipinski definition) is 4. The van der Waals surface area contributed by atoms with Gasteiger partial charge in [-0.25, -0.2) is 0 Å². The summed E-state index contributed by atoms with van der Waals surface area (Å²) in [7, 11) is 3.63. The molecule has 1 aromatic carbocycles. The van der Waals surface area contributed by atoms with Gasteiger partial charge in [0.25, 0.3) is 5.91 Å². The van der Waals surface area contributed by atoms with Crippen molar-refractivity contribution in [3.8, 4) is 5.75 Å². The molecule has 6 heteroatoms. The standard InChI is InChI=1S/C20H29N3O3/c1-21-11-7-3-4-9-17(21)20(25)23-14-12-22(13-15-23)19(24)16-8-5-6-10-18(16)26-2/h5-6,8,10,17H,3-4,7,9,11-15H2,1-2H3. The molecule has 26 heavy (non-hydrogen) atoms. The molecule has 2 aliphatic rings. The number of likely N-dealkylation sites (N-methyl/N-ethyl adjacent to an activating group) is 1. The fourth-order valence-electron chi connectivity index (χ4n) is 3.90. The van der Waals surface area contributed by atoms with E-state index in [9.17, 15) is 9.59 Å². The molecule has 142 valence electrons. The fourth-order valence-corrected chi connectivity index (χ4v) is 3.90. The topological polar surface area (TPSA) is 53.1 Å². The van der Waals surface area contributed by atoms with Gasteiger partial charge in [0.05, 0.1) is 18.7 Å². The summed E-state index contributed by atoms with van der Waals surface area (Å²) < 4.78 is 5.30. The molecule has 0 saturated carbocycles. The summed E-state index contributed by atoms with van der Waals surface area (Å²) in [5.41, 5.74) is 0.582. The molecular formula is C20H29N3O3. The number of hydrogen-bond donors (Lipinski definition) is 0. The number of benzene rings is 1. The summed E-state index contributed by atoms with van der Waals surface area (Å²) in [6.07, 6.45) is 4.43. The van der Waals surface area contributed by atoms with Gasteiger partial charge in [-0.1, -0.05) is 25.0 Å². The van der Waals surface area contributed by atoms with Crippen LogP contribution in [0.2, 0.25) is 0 Å². The van der Waals surface area contributed by atoms with E-state index in [1.165, 1.54) is 12.8 Å². The zero-order valence-electron chi connectivity index (χ0n) is 15.8. The number of rotatable bonds is 3. The summed E-state index contributed by atoms with van der Waals surface area (Å²) in [5.74, 6) is 0.788. The molecule has 1 atom stereocenters. The maximum Gasteiger partial charge on any atom is 0.257 e. The first-order valence-electron chi connectivity index (χ1n) is 9.53. The number of para-hydroxylation sites is 1. The van der Waals surface area contributed by atoms with E-state index in [0.29, 0.717) is 37.5 Å². The predicted molar refractivity (Wildman–Crippen MR) is 100 cm³/mol. The van der Waals surface area contributed by atoms with Crippen molar-refractivity contribution >= 4 is 11.8 Å². The van der Waals surface area contributed by atoms with Crippen molar-refractivity contribution < 1.29 is 14.3 Å². The van der Waals surface area contributed by atoms with Crippen LogP contribution in [0.4, 0.5) is 0 Å². The minimum atomic E-state index is -0.0267. The number of likely N-dealkylation sites (tertiary alicyclic amines) is 1. The van der Waals surface area contributed by atoms with E-state index in [4.69, 9.17) is 4.74 Å². The highest BCUT2D eigenvalue weighted by molar-refractivity contribution is 5.97. The molecule has 2 saturated heterocycles. The van der Waals surface area contributed by atoms with Gasteiger partial charge in [-0.05, 0) is 38.6 Å². The zero-order valence-corrected chi connectivity index (χ0v) is 15.8. The Morgan fingerprint density at radius 3 is 2.38 bits per heavy atom. The first-order valence-corrected chi connectivity index (χ1v) is 9.53. The van der Waals surface area contributed by atoms with E-state index in [0.717, 1.165) is 19.4 Å². The first-order chi connectivity index (χ1) is 12.6. The van der Waals surface area contributed by atoms with Crippen LogP contribution in [0.5, 0.6) is 5.75 Å². The van der Waals surface area contributed by atoms with Gasteiger partial charge in [0, 0.05) is 26.2 Å². The highest BCUT2D eigenvalue weighted by atomic mass is 16.5. The van der Waals surface area contributed by atoms with Crippen LogP contribution in [-0.4, -0.2) is 79.4 Å². The molecular weight excluding hydrogens is 330 g/mol. The Morgan fingerprint density at radius 1 is 0.962 bits per heavy atom. The minimum absolute atomic E-state index is 0.00558. The Morgan fingerprint density at radius 2 is 1.65 bits per heavy atom.